The second kappa shape index (κ2) is 5.08. The van der Waals surface area contributed by atoms with Crippen molar-refractivity contribution in [1.82, 2.24) is 4.90 Å². The highest BCUT2D eigenvalue weighted by Gasteiger charge is 2.24. The third kappa shape index (κ3) is 2.63. The first-order valence-corrected chi connectivity index (χ1v) is 6.71. The highest BCUT2D eigenvalue weighted by molar-refractivity contribution is 9.10. The number of nitrogens with zero attached hydrogens (tertiary/aromatic N) is 1. The number of carbonyl (C=O) groups excluding carboxylic acids is 1. The number of carbonyl (C=O) groups is 1. The smallest absolute Gasteiger partial charge is 0.253 e. The molecule has 92 valence electrons. The van der Waals surface area contributed by atoms with Crippen LogP contribution in [0.2, 0.25) is 0 Å². The lowest BCUT2D eigenvalue weighted by atomic mass is 10.1. The van der Waals surface area contributed by atoms with Gasteiger partial charge in [-0.05, 0) is 47.0 Å². The number of nitrogen functional groups attached to an aromatic ring is 1. The van der Waals surface area contributed by atoms with Gasteiger partial charge >= 0.3 is 0 Å². The van der Waals surface area contributed by atoms with Crippen molar-refractivity contribution in [2.75, 3.05) is 12.8 Å². The maximum absolute atomic E-state index is 12.3. The highest BCUT2D eigenvalue weighted by Crippen LogP contribution is 2.25. The average molecular weight is 297 g/mol. The molecule has 0 aliphatic heterocycles. The zero-order chi connectivity index (χ0) is 12.4. The Hall–Kier alpha value is -1.03. The van der Waals surface area contributed by atoms with E-state index in [0.717, 1.165) is 17.3 Å². The molecule has 1 aliphatic rings. The molecule has 2 N–H and O–H groups in total. The molecule has 17 heavy (non-hydrogen) atoms. The van der Waals surface area contributed by atoms with Gasteiger partial charge in [-0.1, -0.05) is 12.8 Å². The summed E-state index contributed by atoms with van der Waals surface area (Å²) in [5, 5.41) is 0. The molecule has 0 radical (unpaired) electrons. The van der Waals surface area contributed by atoms with E-state index in [1.165, 1.54) is 12.8 Å². The number of anilines is 1. The number of rotatable bonds is 2. The van der Waals surface area contributed by atoms with E-state index in [9.17, 15) is 4.79 Å². The van der Waals surface area contributed by atoms with Crippen molar-refractivity contribution < 1.29 is 4.79 Å². The van der Waals surface area contributed by atoms with Gasteiger partial charge in [-0.2, -0.15) is 0 Å². The molecule has 1 amide bonds. The van der Waals surface area contributed by atoms with E-state index in [1.807, 2.05) is 11.9 Å². The van der Waals surface area contributed by atoms with Crippen molar-refractivity contribution in [3.63, 3.8) is 0 Å². The molecule has 0 atom stereocenters. The van der Waals surface area contributed by atoms with Crippen LogP contribution < -0.4 is 5.73 Å². The lowest BCUT2D eigenvalue weighted by molar-refractivity contribution is 0.0735. The summed E-state index contributed by atoms with van der Waals surface area (Å²) in [5.41, 5.74) is 7.07. The molecule has 0 aromatic heterocycles. The summed E-state index contributed by atoms with van der Waals surface area (Å²) in [6.07, 6.45) is 4.71. The Morgan fingerprint density at radius 2 is 2.06 bits per heavy atom. The molecule has 0 spiro atoms. The lowest BCUT2D eigenvalue weighted by Gasteiger charge is -2.24. The second-order valence-electron chi connectivity index (χ2n) is 4.59. The van der Waals surface area contributed by atoms with Crippen LogP contribution in [0.3, 0.4) is 0 Å². The Bertz CT molecular complexity index is 427. The lowest BCUT2D eigenvalue weighted by Crippen LogP contribution is -2.35. The van der Waals surface area contributed by atoms with E-state index in [1.54, 1.807) is 18.2 Å². The van der Waals surface area contributed by atoms with Crippen LogP contribution in [0.25, 0.3) is 0 Å². The SMILES string of the molecule is CN(C(=O)c1ccc(N)c(Br)c1)C1CCCC1. The average Bonchev–Trinajstić information content (AvgIpc) is 2.84. The Morgan fingerprint density at radius 1 is 1.41 bits per heavy atom. The molecule has 2 rings (SSSR count). The van der Waals surface area contributed by atoms with E-state index < -0.39 is 0 Å². The minimum Gasteiger partial charge on any atom is -0.398 e. The number of halogens is 1. The van der Waals surface area contributed by atoms with Crippen LogP contribution in [0.15, 0.2) is 22.7 Å². The molecular formula is C13H17BrN2O. The van der Waals surface area contributed by atoms with Crippen LogP contribution in [0.4, 0.5) is 5.69 Å². The maximum Gasteiger partial charge on any atom is 0.253 e. The van der Waals surface area contributed by atoms with E-state index in [2.05, 4.69) is 15.9 Å². The van der Waals surface area contributed by atoms with Gasteiger partial charge < -0.3 is 10.6 Å². The molecule has 1 fully saturated rings. The zero-order valence-electron chi connectivity index (χ0n) is 9.95. The summed E-state index contributed by atoms with van der Waals surface area (Å²) in [6, 6.07) is 5.75. The Labute approximate surface area is 110 Å². The molecule has 0 heterocycles. The van der Waals surface area contributed by atoms with Crippen LogP contribution in [0, 0.1) is 0 Å². The van der Waals surface area contributed by atoms with Crippen LogP contribution in [0.1, 0.15) is 36.0 Å². The molecule has 0 saturated heterocycles. The minimum absolute atomic E-state index is 0.0811. The standard InChI is InChI=1S/C13H17BrN2O/c1-16(10-4-2-3-5-10)13(17)9-6-7-12(15)11(14)8-9/h6-8,10H,2-5,15H2,1H3. The summed E-state index contributed by atoms with van der Waals surface area (Å²) < 4.78 is 0.781. The fraction of sp³-hybridized carbons (Fsp3) is 0.462. The molecule has 1 saturated carbocycles. The first kappa shape index (κ1) is 12.4. The number of nitrogens with two attached hydrogens (primary N) is 1. The second-order valence-corrected chi connectivity index (χ2v) is 5.44. The summed E-state index contributed by atoms with van der Waals surface area (Å²) in [4.78, 5) is 14.1. The van der Waals surface area contributed by atoms with Crippen LogP contribution in [0.5, 0.6) is 0 Å². The summed E-state index contributed by atoms with van der Waals surface area (Å²) in [6.45, 7) is 0. The summed E-state index contributed by atoms with van der Waals surface area (Å²) in [5.74, 6) is 0.0811. The number of benzene rings is 1. The van der Waals surface area contributed by atoms with Gasteiger partial charge in [0.05, 0.1) is 0 Å². The van der Waals surface area contributed by atoms with Crippen molar-refractivity contribution in [2.24, 2.45) is 0 Å². The van der Waals surface area contributed by atoms with Gasteiger partial charge in [0, 0.05) is 28.8 Å². The summed E-state index contributed by atoms with van der Waals surface area (Å²) >= 11 is 3.35. The van der Waals surface area contributed by atoms with Gasteiger partial charge in [0.15, 0.2) is 0 Å². The number of amides is 1. The van der Waals surface area contributed by atoms with Crippen molar-refractivity contribution in [3.8, 4) is 0 Å². The van der Waals surface area contributed by atoms with Gasteiger partial charge in [-0.25, -0.2) is 0 Å². The third-order valence-corrected chi connectivity index (χ3v) is 4.13. The van der Waals surface area contributed by atoms with E-state index in [-0.39, 0.29) is 5.91 Å². The van der Waals surface area contributed by atoms with Crippen LogP contribution >= 0.6 is 15.9 Å². The Balaban J connectivity index is 2.15. The molecular weight excluding hydrogens is 280 g/mol. The van der Waals surface area contributed by atoms with Gasteiger partial charge in [-0.15, -0.1) is 0 Å². The third-order valence-electron chi connectivity index (χ3n) is 3.44. The fourth-order valence-electron chi connectivity index (χ4n) is 2.32. The number of hydrogen-bond acceptors (Lipinski definition) is 2. The van der Waals surface area contributed by atoms with Gasteiger partial charge in [-0.3, -0.25) is 4.79 Å². The van der Waals surface area contributed by atoms with E-state index >= 15 is 0 Å². The molecule has 1 aliphatic carbocycles. The monoisotopic (exact) mass is 296 g/mol. The predicted octanol–water partition coefficient (Wildman–Crippen LogP) is 3.05. The molecule has 0 unspecified atom stereocenters. The van der Waals surface area contributed by atoms with E-state index in [0.29, 0.717) is 17.3 Å². The molecule has 4 heteroatoms. The number of hydrogen-bond donors (Lipinski definition) is 1. The topological polar surface area (TPSA) is 46.3 Å². The quantitative estimate of drug-likeness (QED) is 0.853. The molecule has 1 aromatic carbocycles. The fourth-order valence-corrected chi connectivity index (χ4v) is 2.70. The predicted molar refractivity (Wildman–Crippen MR) is 72.9 cm³/mol. The molecule has 0 bridgehead atoms. The Morgan fingerprint density at radius 3 is 2.65 bits per heavy atom. The largest absolute Gasteiger partial charge is 0.398 e. The first-order valence-electron chi connectivity index (χ1n) is 5.92. The van der Waals surface area contributed by atoms with E-state index in [4.69, 9.17) is 5.73 Å². The van der Waals surface area contributed by atoms with Crippen LogP contribution in [-0.4, -0.2) is 23.9 Å². The first-order chi connectivity index (χ1) is 8.09. The van der Waals surface area contributed by atoms with Crippen molar-refractivity contribution in [1.29, 1.82) is 0 Å². The zero-order valence-corrected chi connectivity index (χ0v) is 11.5. The van der Waals surface area contributed by atoms with Crippen molar-refractivity contribution in [3.05, 3.63) is 28.2 Å². The molecule has 1 aromatic rings. The van der Waals surface area contributed by atoms with Gasteiger partial charge in [0.25, 0.3) is 5.91 Å². The maximum atomic E-state index is 12.3. The highest BCUT2D eigenvalue weighted by atomic mass is 79.9. The Kier molecular flexibility index (Phi) is 3.72. The van der Waals surface area contributed by atoms with Crippen molar-refractivity contribution in [2.45, 2.75) is 31.7 Å². The normalized spacial score (nSPS) is 16.1. The van der Waals surface area contributed by atoms with Crippen molar-refractivity contribution >= 4 is 27.5 Å². The van der Waals surface area contributed by atoms with Gasteiger partial charge in [0.1, 0.15) is 0 Å². The van der Waals surface area contributed by atoms with Gasteiger partial charge in [0.2, 0.25) is 0 Å². The minimum atomic E-state index is 0.0811. The molecule has 3 nitrogen and oxygen atoms in total. The summed E-state index contributed by atoms with van der Waals surface area (Å²) in [7, 11) is 1.89. The van der Waals surface area contributed by atoms with Crippen LogP contribution in [-0.2, 0) is 0 Å².